The highest BCUT2D eigenvalue weighted by molar-refractivity contribution is 5.97. The van der Waals surface area contributed by atoms with Gasteiger partial charge in [-0.3, -0.25) is 9.59 Å². The van der Waals surface area contributed by atoms with Gasteiger partial charge in [0.15, 0.2) is 5.78 Å². The van der Waals surface area contributed by atoms with Crippen molar-refractivity contribution >= 4 is 11.7 Å². The SMILES string of the molecule is NC(=O)CCCN1CCC(C(=O)c2ccc(F)cc2)CC1. The van der Waals surface area contributed by atoms with E-state index in [0.717, 1.165) is 38.9 Å². The van der Waals surface area contributed by atoms with Crippen molar-refractivity contribution < 1.29 is 14.0 Å². The van der Waals surface area contributed by atoms with E-state index in [1.165, 1.54) is 12.1 Å². The first-order valence-electron chi connectivity index (χ1n) is 7.36. The number of rotatable bonds is 6. The number of hydrogen-bond acceptors (Lipinski definition) is 3. The van der Waals surface area contributed by atoms with Gasteiger partial charge >= 0.3 is 0 Å². The van der Waals surface area contributed by atoms with E-state index in [0.29, 0.717) is 12.0 Å². The largest absolute Gasteiger partial charge is 0.370 e. The van der Waals surface area contributed by atoms with Gasteiger partial charge in [0.25, 0.3) is 0 Å². The molecule has 0 aromatic heterocycles. The molecule has 1 saturated heterocycles. The predicted molar refractivity (Wildman–Crippen MR) is 78.3 cm³/mol. The van der Waals surface area contributed by atoms with Gasteiger partial charge in [-0.05, 0) is 63.2 Å². The molecule has 1 amide bonds. The number of Topliss-reactive ketones (excluding diaryl/α,β-unsaturated/α-hetero) is 1. The molecule has 0 aliphatic carbocycles. The molecule has 4 nitrogen and oxygen atoms in total. The molecule has 0 radical (unpaired) electrons. The molecule has 2 N–H and O–H groups in total. The van der Waals surface area contributed by atoms with Crippen LogP contribution >= 0.6 is 0 Å². The van der Waals surface area contributed by atoms with E-state index < -0.39 is 0 Å². The molecule has 114 valence electrons. The molecular weight excluding hydrogens is 271 g/mol. The molecule has 0 spiro atoms. The molecule has 1 aliphatic rings. The Hall–Kier alpha value is -1.75. The maximum absolute atomic E-state index is 12.9. The molecule has 1 aliphatic heterocycles. The lowest BCUT2D eigenvalue weighted by Gasteiger charge is -2.31. The van der Waals surface area contributed by atoms with Crippen LogP contribution in [-0.2, 0) is 4.79 Å². The van der Waals surface area contributed by atoms with E-state index in [4.69, 9.17) is 5.73 Å². The summed E-state index contributed by atoms with van der Waals surface area (Å²) in [7, 11) is 0. The van der Waals surface area contributed by atoms with E-state index in [2.05, 4.69) is 4.90 Å². The second-order valence-electron chi connectivity index (χ2n) is 5.56. The van der Waals surface area contributed by atoms with Crippen molar-refractivity contribution in [2.45, 2.75) is 25.7 Å². The Labute approximate surface area is 124 Å². The van der Waals surface area contributed by atoms with Crippen LogP contribution < -0.4 is 5.73 Å². The highest BCUT2D eigenvalue weighted by atomic mass is 19.1. The summed E-state index contributed by atoms with van der Waals surface area (Å²) in [5.41, 5.74) is 5.70. The minimum atomic E-state index is -0.323. The van der Waals surface area contributed by atoms with Crippen molar-refractivity contribution in [1.82, 2.24) is 4.90 Å². The third-order valence-corrected chi connectivity index (χ3v) is 3.98. The normalized spacial score (nSPS) is 16.8. The van der Waals surface area contributed by atoms with E-state index in [1.807, 2.05) is 0 Å². The molecular formula is C16H21FN2O2. The third kappa shape index (κ3) is 4.63. The van der Waals surface area contributed by atoms with Crippen molar-refractivity contribution in [2.24, 2.45) is 11.7 Å². The van der Waals surface area contributed by atoms with Crippen LogP contribution in [0.1, 0.15) is 36.0 Å². The number of likely N-dealkylation sites (tertiary alicyclic amines) is 1. The Morgan fingerprint density at radius 1 is 1.19 bits per heavy atom. The van der Waals surface area contributed by atoms with Gasteiger partial charge < -0.3 is 10.6 Å². The fourth-order valence-corrected chi connectivity index (χ4v) is 2.75. The van der Waals surface area contributed by atoms with Crippen LogP contribution in [0.5, 0.6) is 0 Å². The summed E-state index contributed by atoms with van der Waals surface area (Å²) in [6, 6.07) is 5.76. The summed E-state index contributed by atoms with van der Waals surface area (Å²) in [6.07, 6.45) is 2.81. The lowest BCUT2D eigenvalue weighted by molar-refractivity contribution is -0.118. The van der Waals surface area contributed by atoms with Crippen molar-refractivity contribution in [3.8, 4) is 0 Å². The number of ketones is 1. The van der Waals surface area contributed by atoms with E-state index in [9.17, 15) is 14.0 Å². The first-order valence-corrected chi connectivity index (χ1v) is 7.36. The number of carbonyl (C=O) groups is 2. The van der Waals surface area contributed by atoms with Crippen LogP contribution in [0, 0.1) is 11.7 Å². The topological polar surface area (TPSA) is 63.4 Å². The molecule has 0 bridgehead atoms. The number of nitrogens with two attached hydrogens (primary N) is 1. The van der Waals surface area contributed by atoms with Crippen LogP contribution in [0.4, 0.5) is 4.39 Å². The first-order chi connectivity index (χ1) is 10.1. The second-order valence-corrected chi connectivity index (χ2v) is 5.56. The van der Waals surface area contributed by atoms with Crippen molar-refractivity contribution in [3.05, 3.63) is 35.6 Å². The molecule has 0 unspecified atom stereocenters. The quantitative estimate of drug-likeness (QED) is 0.816. The van der Waals surface area contributed by atoms with E-state index in [-0.39, 0.29) is 23.4 Å². The van der Waals surface area contributed by atoms with Crippen LogP contribution in [0.3, 0.4) is 0 Å². The molecule has 1 aromatic carbocycles. The Balaban J connectivity index is 1.79. The number of benzene rings is 1. The fraction of sp³-hybridized carbons (Fsp3) is 0.500. The molecule has 1 heterocycles. The lowest BCUT2D eigenvalue weighted by atomic mass is 9.89. The Morgan fingerprint density at radius 3 is 2.38 bits per heavy atom. The molecule has 21 heavy (non-hydrogen) atoms. The number of hydrogen-bond donors (Lipinski definition) is 1. The summed E-state index contributed by atoms with van der Waals surface area (Å²) in [5.74, 6) is -0.471. The average molecular weight is 292 g/mol. The van der Waals surface area contributed by atoms with Crippen LogP contribution in [0.15, 0.2) is 24.3 Å². The highest BCUT2D eigenvalue weighted by Crippen LogP contribution is 2.22. The first kappa shape index (κ1) is 15.6. The zero-order chi connectivity index (χ0) is 15.2. The minimum absolute atomic E-state index is 0.0165. The van der Waals surface area contributed by atoms with Crippen molar-refractivity contribution in [1.29, 1.82) is 0 Å². The monoisotopic (exact) mass is 292 g/mol. The average Bonchev–Trinajstić information content (AvgIpc) is 2.48. The van der Waals surface area contributed by atoms with Gasteiger partial charge in [0.05, 0.1) is 0 Å². The number of carbonyl (C=O) groups excluding carboxylic acids is 2. The third-order valence-electron chi connectivity index (χ3n) is 3.98. The van der Waals surface area contributed by atoms with Gasteiger partial charge in [0.2, 0.25) is 5.91 Å². The number of primary amides is 1. The maximum atomic E-state index is 12.9. The van der Waals surface area contributed by atoms with Gasteiger partial charge in [0, 0.05) is 17.9 Å². The molecule has 0 atom stereocenters. The van der Waals surface area contributed by atoms with Gasteiger partial charge in [0.1, 0.15) is 5.82 Å². The summed E-state index contributed by atoms with van der Waals surface area (Å²) in [4.78, 5) is 25.3. The zero-order valence-electron chi connectivity index (χ0n) is 12.1. The maximum Gasteiger partial charge on any atom is 0.217 e. The van der Waals surface area contributed by atoms with Gasteiger partial charge in [-0.25, -0.2) is 4.39 Å². The second kappa shape index (κ2) is 7.31. The van der Waals surface area contributed by atoms with E-state index in [1.54, 1.807) is 12.1 Å². The molecule has 5 heteroatoms. The summed E-state index contributed by atoms with van der Waals surface area (Å²) in [6.45, 7) is 2.56. The van der Waals surface area contributed by atoms with Crippen LogP contribution in [0.2, 0.25) is 0 Å². The smallest absolute Gasteiger partial charge is 0.217 e. The highest BCUT2D eigenvalue weighted by Gasteiger charge is 2.25. The standard InChI is InChI=1S/C16H21FN2O2/c17-14-5-3-12(4-6-14)16(21)13-7-10-19(11-8-13)9-1-2-15(18)20/h3-6,13H,1-2,7-11H2,(H2,18,20). The summed E-state index contributed by atoms with van der Waals surface area (Å²) < 4.78 is 12.9. The Bertz CT molecular complexity index is 494. The predicted octanol–water partition coefficient (Wildman–Crippen LogP) is 1.99. The molecule has 2 rings (SSSR count). The minimum Gasteiger partial charge on any atom is -0.370 e. The zero-order valence-corrected chi connectivity index (χ0v) is 12.1. The van der Waals surface area contributed by atoms with Gasteiger partial charge in [-0.15, -0.1) is 0 Å². The fourth-order valence-electron chi connectivity index (χ4n) is 2.75. The number of halogens is 1. The molecule has 0 saturated carbocycles. The van der Waals surface area contributed by atoms with Crippen molar-refractivity contribution in [2.75, 3.05) is 19.6 Å². The lowest BCUT2D eigenvalue weighted by Crippen LogP contribution is -2.37. The summed E-state index contributed by atoms with van der Waals surface area (Å²) >= 11 is 0. The van der Waals surface area contributed by atoms with E-state index >= 15 is 0 Å². The van der Waals surface area contributed by atoms with Crippen LogP contribution in [-0.4, -0.2) is 36.2 Å². The number of nitrogens with zero attached hydrogens (tertiary/aromatic N) is 1. The molecule has 1 aromatic rings. The summed E-state index contributed by atoms with van der Waals surface area (Å²) in [5, 5.41) is 0. The van der Waals surface area contributed by atoms with Crippen molar-refractivity contribution in [3.63, 3.8) is 0 Å². The van der Waals surface area contributed by atoms with Gasteiger partial charge in [-0.2, -0.15) is 0 Å². The van der Waals surface area contributed by atoms with Gasteiger partial charge in [-0.1, -0.05) is 0 Å². The van der Waals surface area contributed by atoms with Crippen LogP contribution in [0.25, 0.3) is 0 Å². The Kier molecular flexibility index (Phi) is 5.44. The number of piperidine rings is 1. The Morgan fingerprint density at radius 2 is 1.81 bits per heavy atom. The molecule has 1 fully saturated rings. The number of amides is 1.